The Morgan fingerprint density at radius 2 is 1.88 bits per heavy atom. The van der Waals surface area contributed by atoms with E-state index in [-0.39, 0.29) is 28.2 Å². The van der Waals surface area contributed by atoms with Crippen molar-refractivity contribution in [3.63, 3.8) is 0 Å². The minimum absolute atomic E-state index is 0.0222. The Balaban J connectivity index is 1.43. The summed E-state index contributed by atoms with van der Waals surface area (Å²) in [5.74, 6) is -0.0730. The zero-order chi connectivity index (χ0) is 17.9. The first-order chi connectivity index (χ1) is 12.7. The molecule has 4 nitrogen and oxygen atoms in total. The molecular formula is C20H17FN2O2S. The number of Topliss-reactive ketones (excluding diaryl/α,β-unsaturated/α-hetero) is 1. The van der Waals surface area contributed by atoms with E-state index in [1.54, 1.807) is 18.2 Å². The molecule has 1 aromatic heterocycles. The third-order valence-electron chi connectivity index (χ3n) is 4.51. The van der Waals surface area contributed by atoms with E-state index >= 15 is 0 Å². The fourth-order valence-electron chi connectivity index (χ4n) is 3.13. The molecule has 0 bridgehead atoms. The molecule has 1 aliphatic rings. The van der Waals surface area contributed by atoms with E-state index < -0.39 is 5.82 Å². The fraction of sp³-hybridized carbons (Fsp3) is 0.250. The van der Waals surface area contributed by atoms with Crippen LogP contribution in [0.15, 0.2) is 52.1 Å². The lowest BCUT2D eigenvalue weighted by Crippen LogP contribution is -2.07. The van der Waals surface area contributed by atoms with Gasteiger partial charge in [-0.25, -0.2) is 4.39 Å². The number of aryl methyl sites for hydroxylation is 2. The van der Waals surface area contributed by atoms with Gasteiger partial charge in [0.1, 0.15) is 5.82 Å². The number of hydrogen-bond donors (Lipinski definition) is 0. The first-order valence-electron chi connectivity index (χ1n) is 8.57. The Morgan fingerprint density at radius 1 is 1.08 bits per heavy atom. The van der Waals surface area contributed by atoms with Crippen LogP contribution < -0.4 is 0 Å². The molecule has 132 valence electrons. The summed E-state index contributed by atoms with van der Waals surface area (Å²) in [6.07, 6.45) is 4.54. The van der Waals surface area contributed by atoms with Crippen molar-refractivity contribution in [3.05, 3.63) is 65.0 Å². The molecule has 0 atom stereocenters. The molecule has 0 amide bonds. The minimum atomic E-state index is -0.419. The van der Waals surface area contributed by atoms with Crippen LogP contribution in [-0.2, 0) is 12.8 Å². The number of thioether (sulfide) groups is 1. The highest BCUT2D eigenvalue weighted by Crippen LogP contribution is 2.26. The van der Waals surface area contributed by atoms with Gasteiger partial charge in [-0.3, -0.25) is 4.79 Å². The predicted molar refractivity (Wildman–Crippen MR) is 97.8 cm³/mol. The molecule has 0 saturated heterocycles. The van der Waals surface area contributed by atoms with Crippen molar-refractivity contribution in [3.8, 4) is 11.5 Å². The minimum Gasteiger partial charge on any atom is -0.411 e. The SMILES string of the molecule is O=C(CSc1nnc(-c2ccccc2F)o1)c1ccc2c(c1)CCCC2. The van der Waals surface area contributed by atoms with Crippen LogP contribution >= 0.6 is 11.8 Å². The van der Waals surface area contributed by atoms with Crippen molar-refractivity contribution in [2.75, 3.05) is 5.75 Å². The summed E-state index contributed by atoms with van der Waals surface area (Å²) in [5.41, 5.74) is 3.61. The molecule has 0 radical (unpaired) electrons. The van der Waals surface area contributed by atoms with Crippen LogP contribution in [0.4, 0.5) is 4.39 Å². The Bertz CT molecular complexity index is 954. The molecule has 1 aliphatic carbocycles. The Kier molecular flexibility index (Phi) is 4.84. The molecule has 4 rings (SSSR count). The largest absolute Gasteiger partial charge is 0.411 e. The summed E-state index contributed by atoms with van der Waals surface area (Å²) >= 11 is 1.17. The number of benzene rings is 2. The Labute approximate surface area is 154 Å². The highest BCUT2D eigenvalue weighted by molar-refractivity contribution is 7.99. The van der Waals surface area contributed by atoms with Crippen molar-refractivity contribution in [1.29, 1.82) is 0 Å². The molecule has 1 heterocycles. The van der Waals surface area contributed by atoms with E-state index in [2.05, 4.69) is 16.3 Å². The molecular weight excluding hydrogens is 351 g/mol. The van der Waals surface area contributed by atoms with Crippen molar-refractivity contribution >= 4 is 17.5 Å². The molecule has 0 unspecified atom stereocenters. The van der Waals surface area contributed by atoms with E-state index in [1.807, 2.05) is 12.1 Å². The molecule has 0 aliphatic heterocycles. The number of nitrogens with zero attached hydrogens (tertiary/aromatic N) is 2. The van der Waals surface area contributed by atoms with Gasteiger partial charge in [-0.05, 0) is 55.0 Å². The van der Waals surface area contributed by atoms with Gasteiger partial charge in [-0.1, -0.05) is 36.0 Å². The van der Waals surface area contributed by atoms with Crippen LogP contribution in [0.5, 0.6) is 0 Å². The lowest BCUT2D eigenvalue weighted by atomic mass is 9.90. The highest BCUT2D eigenvalue weighted by Gasteiger charge is 2.16. The molecule has 26 heavy (non-hydrogen) atoms. The first kappa shape index (κ1) is 17.0. The highest BCUT2D eigenvalue weighted by atomic mass is 32.2. The zero-order valence-corrected chi connectivity index (χ0v) is 14.9. The van der Waals surface area contributed by atoms with Gasteiger partial charge >= 0.3 is 0 Å². The van der Waals surface area contributed by atoms with E-state index in [0.717, 1.165) is 12.8 Å². The van der Waals surface area contributed by atoms with Gasteiger partial charge in [0.2, 0.25) is 0 Å². The summed E-state index contributed by atoms with van der Waals surface area (Å²) in [6, 6.07) is 12.2. The van der Waals surface area contributed by atoms with Crippen LogP contribution in [-0.4, -0.2) is 21.7 Å². The summed E-state index contributed by atoms with van der Waals surface area (Å²) in [6.45, 7) is 0. The van der Waals surface area contributed by atoms with Gasteiger partial charge in [0.05, 0.1) is 11.3 Å². The van der Waals surface area contributed by atoms with Crippen LogP contribution in [0, 0.1) is 5.82 Å². The number of fused-ring (bicyclic) bond motifs is 1. The maximum atomic E-state index is 13.8. The van der Waals surface area contributed by atoms with Crippen molar-refractivity contribution in [2.45, 2.75) is 30.9 Å². The van der Waals surface area contributed by atoms with E-state index in [9.17, 15) is 9.18 Å². The summed E-state index contributed by atoms with van der Waals surface area (Å²) in [5, 5.41) is 8.02. The average molecular weight is 368 g/mol. The van der Waals surface area contributed by atoms with Gasteiger partial charge in [0.15, 0.2) is 5.78 Å². The van der Waals surface area contributed by atoms with E-state index in [0.29, 0.717) is 5.56 Å². The number of carbonyl (C=O) groups excluding carboxylic acids is 1. The number of carbonyl (C=O) groups is 1. The van der Waals surface area contributed by atoms with Crippen molar-refractivity contribution in [2.24, 2.45) is 0 Å². The summed E-state index contributed by atoms with van der Waals surface area (Å²) in [7, 11) is 0. The lowest BCUT2D eigenvalue weighted by Gasteiger charge is -2.16. The standard InChI is InChI=1S/C20H17FN2O2S/c21-17-8-4-3-7-16(17)19-22-23-20(25-19)26-12-18(24)15-10-9-13-5-1-2-6-14(13)11-15/h3-4,7-11H,1-2,5-6,12H2. The predicted octanol–water partition coefficient (Wildman–Crippen LogP) is 4.73. The van der Waals surface area contributed by atoms with Crippen LogP contribution in [0.3, 0.4) is 0 Å². The zero-order valence-electron chi connectivity index (χ0n) is 14.1. The number of hydrogen-bond acceptors (Lipinski definition) is 5. The third-order valence-corrected chi connectivity index (χ3v) is 5.33. The number of aromatic nitrogens is 2. The van der Waals surface area contributed by atoms with E-state index in [4.69, 9.17) is 4.42 Å². The molecule has 6 heteroatoms. The molecule has 0 saturated carbocycles. The third kappa shape index (κ3) is 3.55. The van der Waals surface area contributed by atoms with Crippen LogP contribution in [0.1, 0.15) is 34.3 Å². The average Bonchev–Trinajstić information content (AvgIpc) is 3.15. The maximum Gasteiger partial charge on any atom is 0.277 e. The second kappa shape index (κ2) is 7.41. The molecule has 0 fully saturated rings. The van der Waals surface area contributed by atoms with E-state index in [1.165, 1.54) is 41.8 Å². The van der Waals surface area contributed by atoms with Crippen molar-refractivity contribution in [1.82, 2.24) is 10.2 Å². The lowest BCUT2D eigenvalue weighted by molar-refractivity contribution is 0.102. The maximum absolute atomic E-state index is 13.8. The van der Waals surface area contributed by atoms with Crippen molar-refractivity contribution < 1.29 is 13.6 Å². The van der Waals surface area contributed by atoms with Gasteiger partial charge < -0.3 is 4.42 Å². The van der Waals surface area contributed by atoms with Gasteiger partial charge in [-0.2, -0.15) is 0 Å². The summed E-state index contributed by atoms with van der Waals surface area (Å²) < 4.78 is 19.2. The Hall–Kier alpha value is -2.47. The topological polar surface area (TPSA) is 56.0 Å². The number of ketones is 1. The smallest absolute Gasteiger partial charge is 0.277 e. The molecule has 3 aromatic rings. The molecule has 2 aromatic carbocycles. The second-order valence-corrected chi connectivity index (χ2v) is 7.18. The van der Waals surface area contributed by atoms with Crippen LogP contribution in [0.2, 0.25) is 0 Å². The normalized spacial score (nSPS) is 13.4. The second-order valence-electron chi connectivity index (χ2n) is 6.26. The summed E-state index contributed by atoms with van der Waals surface area (Å²) in [4.78, 5) is 12.5. The quantitative estimate of drug-likeness (QED) is 0.481. The monoisotopic (exact) mass is 368 g/mol. The van der Waals surface area contributed by atoms with Gasteiger partial charge in [0, 0.05) is 5.56 Å². The fourth-order valence-corrected chi connectivity index (χ4v) is 3.79. The van der Waals surface area contributed by atoms with Gasteiger partial charge in [-0.15, -0.1) is 10.2 Å². The first-order valence-corrected chi connectivity index (χ1v) is 9.55. The number of rotatable bonds is 5. The molecule has 0 spiro atoms. The Morgan fingerprint density at radius 3 is 2.73 bits per heavy atom. The molecule has 0 N–H and O–H groups in total. The van der Waals surface area contributed by atoms with Gasteiger partial charge in [0.25, 0.3) is 11.1 Å². The van der Waals surface area contributed by atoms with Crippen LogP contribution in [0.25, 0.3) is 11.5 Å². The number of halogens is 1.